The van der Waals surface area contributed by atoms with Gasteiger partial charge in [-0.15, -0.1) is 0 Å². The number of rotatable bonds is 6. The molecule has 19 heavy (non-hydrogen) atoms. The third kappa shape index (κ3) is 4.39. The monoisotopic (exact) mass is 261 g/mol. The van der Waals surface area contributed by atoms with Crippen LogP contribution in [0.1, 0.15) is 35.2 Å². The predicted octanol–water partition coefficient (Wildman–Crippen LogP) is 2.33. The normalized spacial score (nSPS) is 9.68. The summed E-state index contributed by atoms with van der Waals surface area (Å²) < 4.78 is 0. The number of hydrogen-bond acceptors (Lipinski definition) is 4. The van der Waals surface area contributed by atoms with Gasteiger partial charge in [0.15, 0.2) is 0 Å². The largest absolute Gasteiger partial charge is 0.352 e. The number of non-ortho nitro benzene ring substituents is 1. The van der Waals surface area contributed by atoms with Crippen LogP contribution in [0.15, 0.2) is 18.2 Å². The van der Waals surface area contributed by atoms with Crippen LogP contribution in [-0.4, -0.2) is 17.4 Å². The van der Waals surface area contributed by atoms with E-state index in [1.165, 1.54) is 18.2 Å². The average Bonchev–Trinajstić information content (AvgIpc) is 2.38. The summed E-state index contributed by atoms with van der Waals surface area (Å²) in [5.41, 5.74) is 0.984. The Kier molecular flexibility index (Phi) is 5.48. The molecule has 0 aliphatic heterocycles. The molecule has 0 saturated carbocycles. The molecule has 0 radical (unpaired) electrons. The summed E-state index contributed by atoms with van der Waals surface area (Å²) in [4.78, 5) is 21.9. The Balaban J connectivity index is 2.58. The van der Waals surface area contributed by atoms with Crippen LogP contribution < -0.4 is 5.32 Å². The van der Waals surface area contributed by atoms with Gasteiger partial charge in [0.1, 0.15) is 0 Å². The van der Waals surface area contributed by atoms with Gasteiger partial charge in [0.25, 0.3) is 11.6 Å². The van der Waals surface area contributed by atoms with Crippen LogP contribution >= 0.6 is 0 Å². The molecule has 6 heteroatoms. The Morgan fingerprint density at radius 1 is 1.47 bits per heavy atom. The van der Waals surface area contributed by atoms with E-state index in [2.05, 4.69) is 5.32 Å². The molecule has 0 aliphatic rings. The first-order chi connectivity index (χ1) is 9.06. The van der Waals surface area contributed by atoms with Gasteiger partial charge in [-0.25, -0.2) is 0 Å². The number of amides is 1. The molecular weight excluding hydrogens is 246 g/mol. The van der Waals surface area contributed by atoms with Gasteiger partial charge >= 0.3 is 0 Å². The molecule has 1 aromatic carbocycles. The number of nitro benzene ring substituents is 1. The summed E-state index contributed by atoms with van der Waals surface area (Å²) in [5, 5.41) is 21.7. The molecule has 0 atom stereocenters. The lowest BCUT2D eigenvalue weighted by atomic mass is 10.1. The first-order valence-corrected chi connectivity index (χ1v) is 5.96. The summed E-state index contributed by atoms with van der Waals surface area (Å²) >= 11 is 0. The van der Waals surface area contributed by atoms with E-state index in [0.717, 1.165) is 12.8 Å². The van der Waals surface area contributed by atoms with Crippen molar-refractivity contribution in [2.45, 2.75) is 26.2 Å². The van der Waals surface area contributed by atoms with Crippen molar-refractivity contribution in [1.29, 1.82) is 5.26 Å². The minimum Gasteiger partial charge on any atom is -0.352 e. The Bertz CT molecular complexity index is 520. The first kappa shape index (κ1) is 14.6. The maximum atomic E-state index is 11.8. The van der Waals surface area contributed by atoms with E-state index in [0.29, 0.717) is 24.1 Å². The van der Waals surface area contributed by atoms with E-state index in [9.17, 15) is 14.9 Å². The van der Waals surface area contributed by atoms with Gasteiger partial charge in [-0.3, -0.25) is 14.9 Å². The van der Waals surface area contributed by atoms with Crippen molar-refractivity contribution >= 4 is 11.6 Å². The standard InChI is InChI=1S/C13H15N3O3/c1-10-9-11(16(18)19)5-6-12(10)13(17)15-8-4-2-3-7-14/h5-6,9H,2-4,8H2,1H3,(H,15,17). The number of aryl methyl sites for hydroxylation is 1. The molecule has 1 amide bonds. The number of nitro groups is 1. The van der Waals surface area contributed by atoms with Crippen molar-refractivity contribution in [3.8, 4) is 6.07 Å². The number of carbonyl (C=O) groups is 1. The number of hydrogen-bond donors (Lipinski definition) is 1. The lowest BCUT2D eigenvalue weighted by Crippen LogP contribution is -2.25. The lowest BCUT2D eigenvalue weighted by molar-refractivity contribution is -0.384. The van der Waals surface area contributed by atoms with Gasteiger partial charge in [-0.1, -0.05) is 0 Å². The van der Waals surface area contributed by atoms with E-state index >= 15 is 0 Å². The number of nitriles is 1. The second kappa shape index (κ2) is 7.11. The molecule has 1 N–H and O–H groups in total. The van der Waals surface area contributed by atoms with E-state index in [1.54, 1.807) is 6.92 Å². The summed E-state index contributed by atoms with van der Waals surface area (Å²) in [6, 6.07) is 6.19. The van der Waals surface area contributed by atoms with Crippen LogP contribution in [0.3, 0.4) is 0 Å². The van der Waals surface area contributed by atoms with Crippen LogP contribution in [0.4, 0.5) is 5.69 Å². The van der Waals surface area contributed by atoms with Gasteiger partial charge in [0, 0.05) is 30.7 Å². The zero-order valence-electron chi connectivity index (χ0n) is 10.7. The van der Waals surface area contributed by atoms with Gasteiger partial charge in [0.05, 0.1) is 11.0 Å². The molecule has 0 aliphatic carbocycles. The zero-order valence-corrected chi connectivity index (χ0v) is 10.7. The van der Waals surface area contributed by atoms with Crippen LogP contribution in [0.5, 0.6) is 0 Å². The van der Waals surface area contributed by atoms with Gasteiger partial charge in [0.2, 0.25) is 0 Å². The van der Waals surface area contributed by atoms with Crippen molar-refractivity contribution in [2.75, 3.05) is 6.54 Å². The van der Waals surface area contributed by atoms with Gasteiger partial charge in [-0.2, -0.15) is 5.26 Å². The fourth-order valence-electron chi connectivity index (χ4n) is 1.64. The average molecular weight is 261 g/mol. The highest BCUT2D eigenvalue weighted by Crippen LogP contribution is 2.16. The maximum absolute atomic E-state index is 11.8. The fraction of sp³-hybridized carbons (Fsp3) is 0.385. The fourth-order valence-corrected chi connectivity index (χ4v) is 1.64. The quantitative estimate of drug-likeness (QED) is 0.483. The van der Waals surface area contributed by atoms with Gasteiger partial charge in [-0.05, 0) is 31.4 Å². The molecular formula is C13H15N3O3. The number of carbonyl (C=O) groups excluding carboxylic acids is 1. The highest BCUT2D eigenvalue weighted by atomic mass is 16.6. The Morgan fingerprint density at radius 3 is 2.79 bits per heavy atom. The summed E-state index contributed by atoms with van der Waals surface area (Å²) in [5.74, 6) is -0.246. The number of unbranched alkanes of at least 4 members (excludes halogenated alkanes) is 2. The highest BCUT2D eigenvalue weighted by molar-refractivity contribution is 5.95. The molecule has 0 saturated heterocycles. The van der Waals surface area contributed by atoms with E-state index in [1.807, 2.05) is 6.07 Å². The highest BCUT2D eigenvalue weighted by Gasteiger charge is 2.12. The molecule has 1 aromatic rings. The van der Waals surface area contributed by atoms with Crippen LogP contribution in [0.2, 0.25) is 0 Å². The summed E-state index contributed by atoms with van der Waals surface area (Å²) in [6.07, 6.45) is 1.97. The van der Waals surface area contributed by atoms with Crippen molar-refractivity contribution in [3.63, 3.8) is 0 Å². The van der Waals surface area contributed by atoms with Crippen LogP contribution in [0.25, 0.3) is 0 Å². The Morgan fingerprint density at radius 2 is 2.21 bits per heavy atom. The Labute approximate surface area is 111 Å². The minimum atomic E-state index is -0.490. The second-order valence-electron chi connectivity index (χ2n) is 4.13. The molecule has 0 bridgehead atoms. The predicted molar refractivity (Wildman–Crippen MR) is 69.6 cm³/mol. The Hall–Kier alpha value is -2.42. The third-order valence-electron chi connectivity index (χ3n) is 2.67. The molecule has 0 heterocycles. The van der Waals surface area contributed by atoms with Crippen molar-refractivity contribution < 1.29 is 9.72 Å². The van der Waals surface area contributed by atoms with Crippen LogP contribution in [-0.2, 0) is 0 Å². The lowest BCUT2D eigenvalue weighted by Gasteiger charge is -2.07. The van der Waals surface area contributed by atoms with E-state index < -0.39 is 4.92 Å². The molecule has 6 nitrogen and oxygen atoms in total. The SMILES string of the molecule is Cc1cc([N+](=O)[O-])ccc1C(=O)NCCCCC#N. The smallest absolute Gasteiger partial charge is 0.269 e. The molecule has 100 valence electrons. The molecule has 0 fully saturated rings. The van der Waals surface area contributed by atoms with Crippen molar-refractivity contribution in [3.05, 3.63) is 39.4 Å². The molecule has 1 rings (SSSR count). The summed E-state index contributed by atoms with van der Waals surface area (Å²) in [7, 11) is 0. The zero-order chi connectivity index (χ0) is 14.3. The van der Waals surface area contributed by atoms with Gasteiger partial charge < -0.3 is 5.32 Å². The number of benzene rings is 1. The number of nitrogens with one attached hydrogen (secondary N) is 1. The van der Waals surface area contributed by atoms with Crippen LogP contribution in [0, 0.1) is 28.4 Å². The minimum absolute atomic E-state index is 0.0249. The first-order valence-electron chi connectivity index (χ1n) is 5.96. The third-order valence-corrected chi connectivity index (χ3v) is 2.67. The van der Waals surface area contributed by atoms with E-state index in [4.69, 9.17) is 5.26 Å². The molecule has 0 unspecified atom stereocenters. The topological polar surface area (TPSA) is 96.0 Å². The van der Waals surface area contributed by atoms with Crippen molar-refractivity contribution in [2.24, 2.45) is 0 Å². The molecule has 0 spiro atoms. The van der Waals surface area contributed by atoms with E-state index in [-0.39, 0.29) is 11.6 Å². The van der Waals surface area contributed by atoms with Crippen molar-refractivity contribution in [1.82, 2.24) is 5.32 Å². The maximum Gasteiger partial charge on any atom is 0.269 e. The number of nitrogens with zero attached hydrogens (tertiary/aromatic N) is 2. The summed E-state index contributed by atoms with van der Waals surface area (Å²) in [6.45, 7) is 2.16. The second-order valence-corrected chi connectivity index (χ2v) is 4.13. The molecule has 0 aromatic heterocycles.